The van der Waals surface area contributed by atoms with E-state index >= 15 is 0 Å². The van der Waals surface area contributed by atoms with E-state index in [2.05, 4.69) is 0 Å². The zero-order valence-corrected chi connectivity index (χ0v) is 12.4. The standard InChI is InChI=1S/C15H20ClNO3/c1-20-13-7-4-6-12(14(13)18)15(19)17-10-3-2-5-11(17)8-9-16/h4,6-7,11,18H,2-3,5,8-10H2,1H3. The van der Waals surface area contributed by atoms with Gasteiger partial charge in [0, 0.05) is 18.5 Å². The van der Waals surface area contributed by atoms with Gasteiger partial charge in [0.1, 0.15) is 0 Å². The van der Waals surface area contributed by atoms with Crippen LogP contribution in [-0.4, -0.2) is 41.5 Å². The molecule has 1 fully saturated rings. The molecule has 0 bridgehead atoms. The number of phenolic OH excluding ortho intramolecular Hbond substituents is 1. The molecule has 0 spiro atoms. The average Bonchev–Trinajstić information content (AvgIpc) is 2.48. The van der Waals surface area contributed by atoms with Crippen LogP contribution in [0.2, 0.25) is 0 Å². The molecule has 0 saturated carbocycles. The quantitative estimate of drug-likeness (QED) is 0.869. The number of likely N-dealkylation sites (tertiary alicyclic amines) is 1. The van der Waals surface area contributed by atoms with Gasteiger partial charge in [-0.25, -0.2) is 0 Å². The van der Waals surface area contributed by atoms with Crippen LogP contribution in [-0.2, 0) is 0 Å². The Morgan fingerprint density at radius 3 is 3.00 bits per heavy atom. The number of carbonyl (C=O) groups is 1. The Morgan fingerprint density at radius 2 is 2.30 bits per heavy atom. The van der Waals surface area contributed by atoms with Crippen molar-refractivity contribution < 1.29 is 14.6 Å². The number of benzene rings is 1. The number of alkyl halides is 1. The van der Waals surface area contributed by atoms with Crippen LogP contribution in [0.25, 0.3) is 0 Å². The summed E-state index contributed by atoms with van der Waals surface area (Å²) in [6.45, 7) is 0.719. The Hall–Kier alpha value is -1.42. The third kappa shape index (κ3) is 3.01. The molecule has 1 aliphatic heterocycles. The van der Waals surface area contributed by atoms with Gasteiger partial charge in [-0.2, -0.15) is 0 Å². The molecule has 2 rings (SSSR count). The molecule has 0 radical (unpaired) electrons. The molecule has 1 saturated heterocycles. The molecular formula is C15H20ClNO3. The van der Waals surface area contributed by atoms with Gasteiger partial charge in [0.15, 0.2) is 11.5 Å². The maximum Gasteiger partial charge on any atom is 0.258 e. The molecule has 1 aromatic rings. The topological polar surface area (TPSA) is 49.8 Å². The molecule has 1 N–H and O–H groups in total. The van der Waals surface area contributed by atoms with E-state index in [4.69, 9.17) is 16.3 Å². The number of nitrogens with zero attached hydrogens (tertiary/aromatic N) is 1. The number of aromatic hydroxyl groups is 1. The molecule has 1 atom stereocenters. The lowest BCUT2D eigenvalue weighted by Crippen LogP contribution is -2.44. The number of piperidine rings is 1. The van der Waals surface area contributed by atoms with Crippen molar-refractivity contribution in [3.8, 4) is 11.5 Å². The fourth-order valence-electron chi connectivity index (χ4n) is 2.71. The van der Waals surface area contributed by atoms with Crippen molar-refractivity contribution in [2.24, 2.45) is 0 Å². The first-order valence-corrected chi connectivity index (χ1v) is 7.45. The van der Waals surface area contributed by atoms with E-state index < -0.39 is 0 Å². The second kappa shape index (κ2) is 6.84. The first-order chi connectivity index (χ1) is 9.69. The van der Waals surface area contributed by atoms with E-state index in [-0.39, 0.29) is 17.7 Å². The van der Waals surface area contributed by atoms with Gasteiger partial charge in [-0.05, 0) is 37.8 Å². The summed E-state index contributed by atoms with van der Waals surface area (Å²) in [5.74, 6) is 0.631. The van der Waals surface area contributed by atoms with Crippen LogP contribution in [0.4, 0.5) is 0 Å². The zero-order chi connectivity index (χ0) is 14.5. The van der Waals surface area contributed by atoms with Gasteiger partial charge in [0.05, 0.1) is 12.7 Å². The molecule has 110 valence electrons. The second-order valence-corrected chi connectivity index (χ2v) is 5.36. The zero-order valence-electron chi connectivity index (χ0n) is 11.6. The van der Waals surface area contributed by atoms with Crippen LogP contribution in [0.15, 0.2) is 18.2 Å². The summed E-state index contributed by atoms with van der Waals surface area (Å²) in [6.07, 6.45) is 3.88. The van der Waals surface area contributed by atoms with Gasteiger partial charge in [-0.15, -0.1) is 11.6 Å². The largest absolute Gasteiger partial charge is 0.504 e. The van der Waals surface area contributed by atoms with Gasteiger partial charge < -0.3 is 14.7 Å². The molecule has 0 aliphatic carbocycles. The fourth-order valence-corrected chi connectivity index (χ4v) is 2.96. The average molecular weight is 298 g/mol. The van der Waals surface area contributed by atoms with E-state index in [9.17, 15) is 9.90 Å². The van der Waals surface area contributed by atoms with Crippen molar-refractivity contribution in [3.63, 3.8) is 0 Å². The number of ether oxygens (including phenoxy) is 1. The van der Waals surface area contributed by atoms with Crippen LogP contribution >= 0.6 is 11.6 Å². The van der Waals surface area contributed by atoms with Crippen molar-refractivity contribution in [3.05, 3.63) is 23.8 Å². The van der Waals surface area contributed by atoms with E-state index in [1.54, 1.807) is 18.2 Å². The van der Waals surface area contributed by atoms with Gasteiger partial charge in [-0.1, -0.05) is 6.07 Å². The monoisotopic (exact) mass is 297 g/mol. The maximum atomic E-state index is 12.6. The Morgan fingerprint density at radius 1 is 1.50 bits per heavy atom. The molecule has 4 nitrogen and oxygen atoms in total. The van der Waals surface area contributed by atoms with Crippen LogP contribution in [0.3, 0.4) is 0 Å². The molecule has 1 unspecified atom stereocenters. The highest BCUT2D eigenvalue weighted by Gasteiger charge is 2.29. The van der Waals surface area contributed by atoms with E-state index in [0.29, 0.717) is 17.2 Å². The molecule has 1 aromatic carbocycles. The van der Waals surface area contributed by atoms with Gasteiger partial charge >= 0.3 is 0 Å². The second-order valence-electron chi connectivity index (χ2n) is 4.98. The highest BCUT2D eigenvalue weighted by molar-refractivity contribution is 6.17. The molecule has 5 heteroatoms. The van der Waals surface area contributed by atoms with E-state index in [1.165, 1.54) is 7.11 Å². The predicted octanol–water partition coefficient (Wildman–Crippen LogP) is 3.02. The highest BCUT2D eigenvalue weighted by atomic mass is 35.5. The highest BCUT2D eigenvalue weighted by Crippen LogP contribution is 2.32. The van der Waals surface area contributed by atoms with Gasteiger partial charge in [-0.3, -0.25) is 4.79 Å². The van der Waals surface area contributed by atoms with Crippen LogP contribution in [0.5, 0.6) is 11.5 Å². The number of methoxy groups -OCH3 is 1. The number of rotatable bonds is 4. The molecule has 1 aliphatic rings. The minimum atomic E-state index is -0.142. The minimum Gasteiger partial charge on any atom is -0.504 e. The number of phenols is 1. The number of para-hydroxylation sites is 1. The Kier molecular flexibility index (Phi) is 5.12. The fraction of sp³-hybridized carbons (Fsp3) is 0.533. The molecule has 20 heavy (non-hydrogen) atoms. The molecule has 0 aromatic heterocycles. The van der Waals surface area contributed by atoms with Crippen molar-refractivity contribution >= 4 is 17.5 Å². The Bertz CT molecular complexity index is 476. The lowest BCUT2D eigenvalue weighted by Gasteiger charge is -2.35. The number of carbonyl (C=O) groups excluding carboxylic acids is 1. The SMILES string of the molecule is COc1cccc(C(=O)N2CCCCC2CCCl)c1O. The predicted molar refractivity (Wildman–Crippen MR) is 78.7 cm³/mol. The lowest BCUT2D eigenvalue weighted by atomic mass is 9.98. The number of hydrogen-bond acceptors (Lipinski definition) is 3. The number of hydrogen-bond donors (Lipinski definition) is 1. The third-order valence-corrected chi connectivity index (χ3v) is 4.00. The van der Waals surface area contributed by atoms with Crippen LogP contribution in [0.1, 0.15) is 36.0 Å². The molecule has 1 heterocycles. The lowest BCUT2D eigenvalue weighted by molar-refractivity contribution is 0.0605. The van der Waals surface area contributed by atoms with Gasteiger partial charge in [0.2, 0.25) is 0 Å². The smallest absolute Gasteiger partial charge is 0.258 e. The Labute approximate surface area is 124 Å². The summed E-state index contributed by atoms with van der Waals surface area (Å²) in [4.78, 5) is 14.5. The van der Waals surface area contributed by atoms with E-state index in [0.717, 1.165) is 32.2 Å². The molecule has 1 amide bonds. The van der Waals surface area contributed by atoms with Crippen molar-refractivity contribution in [2.75, 3.05) is 19.5 Å². The number of amides is 1. The van der Waals surface area contributed by atoms with Gasteiger partial charge in [0.25, 0.3) is 5.91 Å². The van der Waals surface area contributed by atoms with Crippen LogP contribution in [0, 0.1) is 0 Å². The summed E-state index contributed by atoms with van der Waals surface area (Å²) in [5, 5.41) is 10.1. The van der Waals surface area contributed by atoms with Crippen molar-refractivity contribution in [1.82, 2.24) is 4.90 Å². The third-order valence-electron chi connectivity index (χ3n) is 3.78. The summed E-state index contributed by atoms with van der Waals surface area (Å²) in [6, 6.07) is 5.15. The van der Waals surface area contributed by atoms with Crippen LogP contribution < -0.4 is 4.74 Å². The normalized spacial score (nSPS) is 18.9. The number of halogens is 1. The Balaban J connectivity index is 2.25. The van der Waals surface area contributed by atoms with Crippen molar-refractivity contribution in [2.45, 2.75) is 31.7 Å². The first kappa shape index (κ1) is 15.0. The molecular weight excluding hydrogens is 278 g/mol. The first-order valence-electron chi connectivity index (χ1n) is 6.92. The summed E-state index contributed by atoms with van der Waals surface area (Å²) >= 11 is 5.82. The minimum absolute atomic E-state index is 0.0878. The summed E-state index contributed by atoms with van der Waals surface area (Å²) in [5.41, 5.74) is 0.297. The van der Waals surface area contributed by atoms with Crippen molar-refractivity contribution in [1.29, 1.82) is 0 Å². The maximum absolute atomic E-state index is 12.6. The van der Waals surface area contributed by atoms with E-state index in [1.807, 2.05) is 4.90 Å². The summed E-state index contributed by atoms with van der Waals surface area (Å²) < 4.78 is 5.06. The summed E-state index contributed by atoms with van der Waals surface area (Å²) in [7, 11) is 1.47.